The van der Waals surface area contributed by atoms with Crippen LogP contribution in [0.25, 0.3) is 77.2 Å². The summed E-state index contributed by atoms with van der Waals surface area (Å²) in [5.41, 5.74) is 21.3. The molecule has 362 valence electrons. The molecule has 4 heterocycles. The number of fused-ring (bicyclic) bond motifs is 10. The molecule has 0 atom stereocenters. The Morgan fingerprint density at radius 3 is 1.45 bits per heavy atom. The number of hydrogen-bond donors (Lipinski definition) is 0. The highest BCUT2D eigenvalue weighted by atomic mass is 16.5. The van der Waals surface area contributed by atoms with Gasteiger partial charge in [-0.25, -0.2) is 0 Å². The van der Waals surface area contributed by atoms with Crippen molar-refractivity contribution in [3.05, 3.63) is 230 Å². The second-order valence-electron chi connectivity index (χ2n) is 21.8. The molecule has 0 saturated carbocycles. The molecule has 10 aromatic carbocycles. The van der Waals surface area contributed by atoms with E-state index in [1.165, 1.54) is 118 Å². The SMILES string of the molecule is CCCCCCc1cc2c3c(c1)N(c1c(-c4ccccc4)cc(C(C)(C)C)cc1-c1ccccc1)c1cc(-n4c5ccccc5c5ccccc54)ccc1B3c1ccc(-n3c4ccccc4c4ccccc43)cc1O2. The number of para-hydroxylation sites is 4. The first-order chi connectivity index (χ1) is 36.8. The summed E-state index contributed by atoms with van der Waals surface area (Å²) in [6.45, 7) is 9.20. The van der Waals surface area contributed by atoms with E-state index in [1.807, 2.05) is 0 Å². The third kappa shape index (κ3) is 7.35. The highest BCUT2D eigenvalue weighted by Crippen LogP contribution is 2.51. The molecule has 2 aliphatic rings. The van der Waals surface area contributed by atoms with Gasteiger partial charge in [-0.1, -0.05) is 193 Å². The van der Waals surface area contributed by atoms with E-state index in [-0.39, 0.29) is 12.1 Å². The van der Waals surface area contributed by atoms with Crippen molar-refractivity contribution < 1.29 is 4.74 Å². The van der Waals surface area contributed by atoms with Crippen molar-refractivity contribution in [3.63, 3.8) is 0 Å². The van der Waals surface area contributed by atoms with Crippen LogP contribution in [0.1, 0.15) is 64.5 Å². The maximum absolute atomic E-state index is 7.48. The number of nitrogens with zero attached hydrogens (tertiary/aromatic N) is 3. The fraction of sp³-hybridized carbons (Fsp3) is 0.143. The van der Waals surface area contributed by atoms with Gasteiger partial charge in [-0.2, -0.15) is 0 Å². The summed E-state index contributed by atoms with van der Waals surface area (Å²) in [5, 5.41) is 4.99. The van der Waals surface area contributed by atoms with Gasteiger partial charge in [0.05, 0.1) is 27.8 Å². The van der Waals surface area contributed by atoms with E-state index < -0.39 is 0 Å². The summed E-state index contributed by atoms with van der Waals surface area (Å²) in [6.07, 6.45) is 5.69. The van der Waals surface area contributed by atoms with Gasteiger partial charge < -0.3 is 18.8 Å². The Morgan fingerprint density at radius 1 is 0.440 bits per heavy atom. The lowest BCUT2D eigenvalue weighted by atomic mass is 9.34. The van der Waals surface area contributed by atoms with E-state index in [0.717, 1.165) is 47.1 Å². The van der Waals surface area contributed by atoms with Gasteiger partial charge in [0.1, 0.15) is 11.5 Å². The third-order valence-electron chi connectivity index (χ3n) is 16.2. The lowest BCUT2D eigenvalue weighted by Gasteiger charge is -2.42. The minimum absolute atomic E-state index is 0.104. The second-order valence-corrected chi connectivity index (χ2v) is 21.8. The zero-order valence-electron chi connectivity index (χ0n) is 43.1. The van der Waals surface area contributed by atoms with Crippen molar-refractivity contribution in [2.24, 2.45) is 0 Å². The van der Waals surface area contributed by atoms with Crippen molar-refractivity contribution in [3.8, 4) is 45.1 Å². The Morgan fingerprint density at radius 2 is 0.933 bits per heavy atom. The predicted octanol–water partition coefficient (Wildman–Crippen LogP) is 17.0. The van der Waals surface area contributed by atoms with Crippen LogP contribution in [-0.2, 0) is 11.8 Å². The van der Waals surface area contributed by atoms with Crippen LogP contribution in [0.3, 0.4) is 0 Å². The fourth-order valence-corrected chi connectivity index (χ4v) is 12.6. The predicted molar refractivity (Wildman–Crippen MR) is 318 cm³/mol. The van der Waals surface area contributed by atoms with Crippen LogP contribution in [0, 0.1) is 0 Å². The van der Waals surface area contributed by atoms with Gasteiger partial charge in [0, 0.05) is 61.5 Å². The monoisotopic (exact) mass is 967 g/mol. The molecule has 0 radical (unpaired) electrons. The molecule has 2 aromatic heterocycles. The lowest BCUT2D eigenvalue weighted by Crippen LogP contribution is -2.59. The Balaban J connectivity index is 1.08. The van der Waals surface area contributed by atoms with Gasteiger partial charge in [0.25, 0.3) is 6.71 Å². The van der Waals surface area contributed by atoms with E-state index in [0.29, 0.717) is 0 Å². The number of aryl methyl sites for hydroxylation is 1. The van der Waals surface area contributed by atoms with Crippen LogP contribution in [-0.4, -0.2) is 15.8 Å². The van der Waals surface area contributed by atoms with Crippen molar-refractivity contribution >= 4 is 83.8 Å². The van der Waals surface area contributed by atoms with Gasteiger partial charge in [-0.3, -0.25) is 0 Å². The summed E-state index contributed by atoms with van der Waals surface area (Å²) in [5.74, 6) is 1.84. The molecule has 0 aliphatic carbocycles. The second kappa shape index (κ2) is 17.8. The van der Waals surface area contributed by atoms with Gasteiger partial charge in [-0.05, 0) is 124 Å². The van der Waals surface area contributed by atoms with E-state index >= 15 is 0 Å². The summed E-state index contributed by atoms with van der Waals surface area (Å²) < 4.78 is 12.4. The quantitative estimate of drug-likeness (QED) is 0.101. The molecule has 0 N–H and O–H groups in total. The number of hydrogen-bond acceptors (Lipinski definition) is 2. The molecule has 2 aliphatic heterocycles. The van der Waals surface area contributed by atoms with Crippen molar-refractivity contribution in [1.82, 2.24) is 9.13 Å². The molecule has 0 unspecified atom stereocenters. The van der Waals surface area contributed by atoms with Crippen molar-refractivity contribution in [1.29, 1.82) is 0 Å². The molecule has 0 spiro atoms. The molecule has 0 fully saturated rings. The average Bonchev–Trinajstić information content (AvgIpc) is 3.97. The summed E-state index contributed by atoms with van der Waals surface area (Å²) in [4.78, 5) is 2.65. The summed E-state index contributed by atoms with van der Waals surface area (Å²) in [6, 6.07) is 81.5. The van der Waals surface area contributed by atoms with Crippen LogP contribution >= 0.6 is 0 Å². The zero-order chi connectivity index (χ0) is 50.4. The number of anilines is 3. The Kier molecular flexibility index (Phi) is 10.7. The van der Waals surface area contributed by atoms with Crippen molar-refractivity contribution in [2.75, 3.05) is 4.90 Å². The third-order valence-corrected chi connectivity index (χ3v) is 16.2. The Hall–Kier alpha value is -8.54. The van der Waals surface area contributed by atoms with Crippen LogP contribution in [0.15, 0.2) is 218 Å². The Bertz CT molecular complexity index is 4030. The highest BCUT2D eigenvalue weighted by Gasteiger charge is 2.44. The van der Waals surface area contributed by atoms with Crippen LogP contribution in [0.4, 0.5) is 17.1 Å². The number of aromatic nitrogens is 2. The van der Waals surface area contributed by atoms with E-state index in [1.54, 1.807) is 0 Å². The van der Waals surface area contributed by atoms with Crippen LogP contribution in [0.2, 0.25) is 0 Å². The smallest absolute Gasteiger partial charge is 0.256 e. The first-order valence-corrected chi connectivity index (χ1v) is 27.0. The topological polar surface area (TPSA) is 22.3 Å². The maximum Gasteiger partial charge on any atom is 0.256 e. The maximum atomic E-state index is 7.48. The van der Waals surface area contributed by atoms with Gasteiger partial charge in [0.15, 0.2) is 0 Å². The molecule has 75 heavy (non-hydrogen) atoms. The molecule has 0 bridgehead atoms. The van der Waals surface area contributed by atoms with Crippen LogP contribution < -0.4 is 26.0 Å². The standard InChI is InChI=1S/C70H58BN3O/c1-5-6-7-10-23-46-40-65-68-67(41-46)75-66-45-51(73-62-34-21-17-30-54(62)55-31-18-22-35-63(55)73)37-39-59(66)71(68)58-38-36-50(72-60-32-19-15-28-52(60)53-29-16-20-33-61(53)72)44-64(58)74(65)69-56(47-24-11-8-12-25-47)42-49(70(2,3)4)43-57(69)48-26-13-9-14-27-48/h8-9,11-22,24-45H,5-7,10,23H2,1-4H3. The van der Waals surface area contributed by atoms with E-state index in [2.05, 4.69) is 260 Å². The summed E-state index contributed by atoms with van der Waals surface area (Å²) in [7, 11) is 0. The Labute approximate surface area is 440 Å². The number of rotatable bonds is 10. The van der Waals surface area contributed by atoms with Gasteiger partial charge >= 0.3 is 0 Å². The number of unbranched alkanes of at least 4 members (excludes halogenated alkanes) is 3. The largest absolute Gasteiger partial charge is 0.458 e. The average molecular weight is 968 g/mol. The minimum atomic E-state index is -0.118. The normalized spacial score (nSPS) is 12.9. The molecule has 12 aromatic rings. The highest BCUT2D eigenvalue weighted by molar-refractivity contribution is 6.99. The summed E-state index contributed by atoms with van der Waals surface area (Å²) >= 11 is 0. The molecular formula is C70H58BN3O. The van der Waals surface area contributed by atoms with Gasteiger partial charge in [-0.15, -0.1) is 0 Å². The van der Waals surface area contributed by atoms with E-state index in [9.17, 15) is 0 Å². The minimum Gasteiger partial charge on any atom is -0.458 e. The molecule has 0 saturated heterocycles. The van der Waals surface area contributed by atoms with Crippen molar-refractivity contribution in [2.45, 2.75) is 65.2 Å². The lowest BCUT2D eigenvalue weighted by molar-refractivity contribution is 0.486. The first-order valence-electron chi connectivity index (χ1n) is 27.0. The number of ether oxygens (including phenoxy) is 1. The van der Waals surface area contributed by atoms with E-state index in [4.69, 9.17) is 4.74 Å². The number of benzene rings is 10. The first kappa shape index (κ1) is 45.1. The molecule has 0 amide bonds. The van der Waals surface area contributed by atoms with Crippen LogP contribution in [0.5, 0.6) is 11.5 Å². The molecule has 4 nitrogen and oxygen atoms in total. The fourth-order valence-electron chi connectivity index (χ4n) is 12.6. The molecule has 5 heteroatoms. The molecule has 14 rings (SSSR count). The van der Waals surface area contributed by atoms with Gasteiger partial charge in [0.2, 0.25) is 0 Å². The molecular weight excluding hydrogens is 910 g/mol. The zero-order valence-corrected chi connectivity index (χ0v) is 43.1.